The second-order valence-corrected chi connectivity index (χ2v) is 5.72. The fraction of sp³-hybridized carbons (Fsp3) is 0.333. The Bertz CT molecular complexity index is 523. The van der Waals surface area contributed by atoms with Gasteiger partial charge in [0.2, 0.25) is 11.7 Å². The Kier molecular flexibility index (Phi) is 3.07. The quantitative estimate of drug-likeness (QED) is 0.825. The van der Waals surface area contributed by atoms with Crippen molar-refractivity contribution in [1.29, 1.82) is 0 Å². The Morgan fingerprint density at radius 3 is 3.12 bits per heavy atom. The van der Waals surface area contributed by atoms with Crippen molar-refractivity contribution in [1.82, 2.24) is 10.1 Å². The van der Waals surface area contributed by atoms with Gasteiger partial charge in [-0.1, -0.05) is 28.9 Å². The minimum Gasteiger partial charge on any atom is -0.338 e. The third kappa shape index (κ3) is 2.33. The van der Waals surface area contributed by atoms with Crippen LogP contribution in [0, 0.1) is 0 Å². The smallest absolute Gasteiger partial charge is 0.240 e. The summed E-state index contributed by atoms with van der Waals surface area (Å²) in [4.78, 5) is 4.45. The van der Waals surface area contributed by atoms with Gasteiger partial charge in [-0.25, -0.2) is 0 Å². The van der Waals surface area contributed by atoms with Crippen LogP contribution < -0.4 is 0 Å². The van der Waals surface area contributed by atoms with Crippen LogP contribution >= 0.6 is 23.4 Å². The molecule has 0 amide bonds. The molecular weight excluding hydrogens is 256 g/mol. The van der Waals surface area contributed by atoms with E-state index in [1.807, 2.05) is 36.0 Å². The summed E-state index contributed by atoms with van der Waals surface area (Å²) in [6, 6.07) is 7.50. The molecule has 0 aliphatic carbocycles. The Morgan fingerprint density at radius 1 is 1.41 bits per heavy atom. The molecule has 1 saturated heterocycles. The fourth-order valence-corrected chi connectivity index (χ4v) is 3.26. The summed E-state index contributed by atoms with van der Waals surface area (Å²) in [6.45, 7) is 0. The number of benzene rings is 1. The Labute approximate surface area is 109 Å². The van der Waals surface area contributed by atoms with Crippen molar-refractivity contribution >= 4 is 23.4 Å². The van der Waals surface area contributed by atoms with Gasteiger partial charge >= 0.3 is 0 Å². The number of hydrogen-bond donors (Lipinski definition) is 0. The van der Waals surface area contributed by atoms with E-state index in [1.54, 1.807) is 0 Å². The topological polar surface area (TPSA) is 38.9 Å². The van der Waals surface area contributed by atoms with Crippen LogP contribution in [0.1, 0.15) is 24.0 Å². The molecule has 1 aromatic carbocycles. The fourth-order valence-electron chi connectivity index (χ4n) is 1.88. The first kappa shape index (κ1) is 11.1. The van der Waals surface area contributed by atoms with Crippen LogP contribution in [0.4, 0.5) is 0 Å². The van der Waals surface area contributed by atoms with Crippen molar-refractivity contribution in [3.63, 3.8) is 0 Å². The van der Waals surface area contributed by atoms with Gasteiger partial charge in [-0.05, 0) is 30.7 Å². The Morgan fingerprint density at radius 2 is 2.35 bits per heavy atom. The highest BCUT2D eigenvalue weighted by atomic mass is 35.5. The summed E-state index contributed by atoms with van der Waals surface area (Å²) < 4.78 is 5.32. The molecule has 3 rings (SSSR count). The van der Waals surface area contributed by atoms with Crippen molar-refractivity contribution < 1.29 is 4.52 Å². The minimum atomic E-state index is 0.371. The van der Waals surface area contributed by atoms with Crippen molar-refractivity contribution in [3.05, 3.63) is 35.2 Å². The molecule has 0 N–H and O–H groups in total. The van der Waals surface area contributed by atoms with Crippen molar-refractivity contribution in [2.24, 2.45) is 0 Å². The highest BCUT2D eigenvalue weighted by molar-refractivity contribution is 7.99. The average molecular weight is 267 g/mol. The third-order valence-electron chi connectivity index (χ3n) is 2.73. The molecule has 1 aromatic heterocycles. The van der Waals surface area contributed by atoms with Gasteiger partial charge in [-0.2, -0.15) is 4.98 Å². The third-order valence-corrected chi connectivity index (χ3v) is 4.33. The average Bonchev–Trinajstić information content (AvgIpc) is 3.00. The van der Waals surface area contributed by atoms with Gasteiger partial charge < -0.3 is 4.52 Å². The highest BCUT2D eigenvalue weighted by Gasteiger charge is 2.23. The molecule has 17 heavy (non-hydrogen) atoms. The van der Waals surface area contributed by atoms with Gasteiger partial charge in [-0.3, -0.25) is 0 Å². The molecule has 1 unspecified atom stereocenters. The zero-order valence-electron chi connectivity index (χ0n) is 9.10. The molecule has 0 radical (unpaired) electrons. The van der Waals surface area contributed by atoms with Crippen LogP contribution in [0.3, 0.4) is 0 Å². The maximum atomic E-state index is 5.94. The summed E-state index contributed by atoms with van der Waals surface area (Å²) in [6.07, 6.45) is 2.35. The number of hydrogen-bond acceptors (Lipinski definition) is 4. The molecular formula is C12H11ClN2OS. The molecule has 1 atom stereocenters. The largest absolute Gasteiger partial charge is 0.338 e. The van der Waals surface area contributed by atoms with Gasteiger partial charge in [0, 0.05) is 10.6 Å². The summed E-state index contributed by atoms with van der Waals surface area (Å²) in [5.41, 5.74) is 0.899. The van der Waals surface area contributed by atoms with Crippen molar-refractivity contribution in [2.45, 2.75) is 18.1 Å². The van der Waals surface area contributed by atoms with Crippen LogP contribution in [-0.4, -0.2) is 15.9 Å². The number of halogens is 1. The normalized spacial score (nSPS) is 19.7. The van der Waals surface area contributed by atoms with Gasteiger partial charge in [0.1, 0.15) is 0 Å². The van der Waals surface area contributed by atoms with E-state index in [0.717, 1.165) is 17.9 Å². The summed E-state index contributed by atoms with van der Waals surface area (Å²) >= 11 is 7.82. The van der Waals surface area contributed by atoms with E-state index in [1.165, 1.54) is 12.2 Å². The number of aromatic nitrogens is 2. The second kappa shape index (κ2) is 4.70. The van der Waals surface area contributed by atoms with Crippen LogP contribution in [0.5, 0.6) is 0 Å². The molecule has 1 aliphatic heterocycles. The molecule has 5 heteroatoms. The van der Waals surface area contributed by atoms with Gasteiger partial charge in [0.05, 0.1) is 5.25 Å². The van der Waals surface area contributed by atoms with Gasteiger partial charge in [0.25, 0.3) is 0 Å². The molecule has 1 aliphatic rings. The molecule has 2 aromatic rings. The molecule has 88 valence electrons. The van der Waals surface area contributed by atoms with Crippen LogP contribution in [0.2, 0.25) is 5.02 Å². The molecule has 0 saturated carbocycles. The van der Waals surface area contributed by atoms with E-state index in [-0.39, 0.29) is 0 Å². The lowest BCUT2D eigenvalue weighted by Crippen LogP contribution is -1.88. The monoisotopic (exact) mass is 266 g/mol. The van der Waals surface area contributed by atoms with Crippen LogP contribution in [0.15, 0.2) is 28.8 Å². The van der Waals surface area contributed by atoms with Crippen LogP contribution in [0.25, 0.3) is 11.4 Å². The number of rotatable bonds is 2. The van der Waals surface area contributed by atoms with Crippen molar-refractivity contribution in [2.75, 3.05) is 5.75 Å². The van der Waals surface area contributed by atoms with Gasteiger partial charge in [-0.15, -0.1) is 11.8 Å². The Hall–Kier alpha value is -1.00. The van der Waals surface area contributed by atoms with Crippen LogP contribution in [-0.2, 0) is 0 Å². The Balaban J connectivity index is 1.89. The lowest BCUT2D eigenvalue weighted by atomic mass is 10.2. The molecule has 0 bridgehead atoms. The molecule has 1 fully saturated rings. The lowest BCUT2D eigenvalue weighted by molar-refractivity contribution is 0.375. The first-order chi connectivity index (χ1) is 8.33. The van der Waals surface area contributed by atoms with E-state index >= 15 is 0 Å². The van der Waals surface area contributed by atoms with E-state index in [4.69, 9.17) is 16.1 Å². The van der Waals surface area contributed by atoms with E-state index < -0.39 is 0 Å². The zero-order chi connectivity index (χ0) is 11.7. The highest BCUT2D eigenvalue weighted by Crippen LogP contribution is 2.39. The lowest BCUT2D eigenvalue weighted by Gasteiger charge is -1.99. The second-order valence-electron chi connectivity index (χ2n) is 3.97. The zero-order valence-corrected chi connectivity index (χ0v) is 10.7. The maximum absolute atomic E-state index is 5.94. The standard InChI is InChI=1S/C12H11ClN2OS/c13-9-4-1-3-8(7-9)11-14-12(16-15-11)10-5-2-6-17-10/h1,3-4,7,10H,2,5-6H2. The molecule has 0 spiro atoms. The predicted molar refractivity (Wildman–Crippen MR) is 69.2 cm³/mol. The molecule has 2 heterocycles. The molecule has 3 nitrogen and oxygen atoms in total. The maximum Gasteiger partial charge on any atom is 0.240 e. The summed E-state index contributed by atoms with van der Waals surface area (Å²) in [7, 11) is 0. The van der Waals surface area contributed by atoms with Crippen molar-refractivity contribution in [3.8, 4) is 11.4 Å². The minimum absolute atomic E-state index is 0.371. The summed E-state index contributed by atoms with van der Waals surface area (Å²) in [5, 5.41) is 5.07. The van der Waals surface area contributed by atoms with E-state index in [9.17, 15) is 0 Å². The van der Waals surface area contributed by atoms with Gasteiger partial charge in [0.15, 0.2) is 0 Å². The van der Waals surface area contributed by atoms with E-state index in [2.05, 4.69) is 10.1 Å². The number of thioether (sulfide) groups is 1. The first-order valence-electron chi connectivity index (χ1n) is 5.54. The number of nitrogens with zero attached hydrogens (tertiary/aromatic N) is 2. The SMILES string of the molecule is Clc1cccc(-c2noc(C3CCCS3)n2)c1. The predicted octanol–water partition coefficient (Wildman–Crippen LogP) is 3.96. The first-order valence-corrected chi connectivity index (χ1v) is 6.97. The summed E-state index contributed by atoms with van der Waals surface area (Å²) in [5.74, 6) is 2.54. The van der Waals surface area contributed by atoms with E-state index in [0.29, 0.717) is 16.1 Å².